The number of aromatic nitrogens is 1. The molecule has 3 nitrogen and oxygen atoms in total. The lowest BCUT2D eigenvalue weighted by Gasteiger charge is -2.08. The van der Waals surface area contributed by atoms with Crippen LogP contribution in [0.15, 0.2) is 6.07 Å². The van der Waals surface area contributed by atoms with E-state index in [4.69, 9.17) is 11.6 Å². The van der Waals surface area contributed by atoms with Gasteiger partial charge in [-0.3, -0.25) is 4.79 Å². The third kappa shape index (κ3) is 2.38. The van der Waals surface area contributed by atoms with Gasteiger partial charge in [0.2, 0.25) is 5.95 Å². The standard InChI is InChI=1S/C8H5ClF3NO2/c1-15-4-2-3(6(9)14)13-8(12)5(4)7(10)11/h2,7H,1H3. The summed E-state index contributed by atoms with van der Waals surface area (Å²) in [6.07, 6.45) is -3.08. The molecule has 0 unspecified atom stereocenters. The fraction of sp³-hybridized carbons (Fsp3) is 0.250. The lowest BCUT2D eigenvalue weighted by Crippen LogP contribution is -2.04. The zero-order chi connectivity index (χ0) is 11.6. The number of ether oxygens (including phenoxy) is 1. The number of methoxy groups -OCH3 is 1. The minimum atomic E-state index is -3.08. The Morgan fingerprint density at radius 1 is 1.60 bits per heavy atom. The molecule has 0 aliphatic heterocycles. The predicted octanol–water partition coefficient (Wildman–Crippen LogP) is 2.55. The summed E-state index contributed by atoms with van der Waals surface area (Å²) in [5.74, 6) is -1.92. The molecule has 0 saturated carbocycles. The van der Waals surface area contributed by atoms with Crippen molar-refractivity contribution >= 4 is 16.8 Å². The van der Waals surface area contributed by atoms with Gasteiger partial charge in [0.15, 0.2) is 0 Å². The van der Waals surface area contributed by atoms with Crippen LogP contribution >= 0.6 is 11.6 Å². The smallest absolute Gasteiger partial charge is 0.271 e. The molecule has 0 aliphatic carbocycles. The molecule has 0 amide bonds. The van der Waals surface area contributed by atoms with Crippen LogP contribution in [0.25, 0.3) is 0 Å². The first-order valence-electron chi connectivity index (χ1n) is 3.69. The number of pyridine rings is 1. The quantitative estimate of drug-likeness (QED) is 0.601. The Bertz CT molecular complexity index is 398. The molecular formula is C8H5ClF3NO2. The van der Waals surface area contributed by atoms with Crippen molar-refractivity contribution in [3.8, 4) is 5.75 Å². The molecule has 0 bridgehead atoms. The molecule has 82 valence electrons. The maximum atomic E-state index is 13.0. The average molecular weight is 240 g/mol. The van der Waals surface area contributed by atoms with Gasteiger partial charge in [-0.05, 0) is 11.6 Å². The molecule has 7 heteroatoms. The molecule has 0 N–H and O–H groups in total. The lowest BCUT2D eigenvalue weighted by atomic mass is 10.2. The number of hydrogen-bond donors (Lipinski definition) is 0. The van der Waals surface area contributed by atoms with Crippen molar-refractivity contribution in [2.24, 2.45) is 0 Å². The molecule has 0 saturated heterocycles. The summed E-state index contributed by atoms with van der Waals surface area (Å²) in [5, 5.41) is -1.05. The van der Waals surface area contributed by atoms with E-state index in [0.717, 1.165) is 13.2 Å². The average Bonchev–Trinajstić information content (AvgIpc) is 2.15. The first kappa shape index (κ1) is 11.8. The lowest BCUT2D eigenvalue weighted by molar-refractivity contribution is 0.107. The minimum absolute atomic E-state index is 0.457. The Morgan fingerprint density at radius 2 is 2.20 bits per heavy atom. The van der Waals surface area contributed by atoms with E-state index in [1.54, 1.807) is 0 Å². The monoisotopic (exact) mass is 239 g/mol. The Morgan fingerprint density at radius 3 is 2.60 bits per heavy atom. The van der Waals surface area contributed by atoms with Gasteiger partial charge in [0.25, 0.3) is 11.7 Å². The van der Waals surface area contributed by atoms with Crippen LogP contribution in [0.2, 0.25) is 0 Å². The number of hydrogen-bond acceptors (Lipinski definition) is 3. The van der Waals surface area contributed by atoms with E-state index in [9.17, 15) is 18.0 Å². The summed E-state index contributed by atoms with van der Waals surface area (Å²) in [4.78, 5) is 13.6. The Balaban J connectivity index is 3.37. The van der Waals surface area contributed by atoms with Crippen molar-refractivity contribution in [2.75, 3.05) is 7.11 Å². The van der Waals surface area contributed by atoms with Crippen molar-refractivity contribution < 1.29 is 22.7 Å². The maximum Gasteiger partial charge on any atom is 0.271 e. The van der Waals surface area contributed by atoms with E-state index in [-0.39, 0.29) is 0 Å². The van der Waals surface area contributed by atoms with E-state index in [1.807, 2.05) is 0 Å². The van der Waals surface area contributed by atoms with Gasteiger partial charge in [0.05, 0.1) is 7.11 Å². The maximum absolute atomic E-state index is 13.0. The largest absolute Gasteiger partial charge is 0.496 e. The normalized spacial score (nSPS) is 10.5. The highest BCUT2D eigenvalue weighted by Gasteiger charge is 2.23. The van der Waals surface area contributed by atoms with E-state index in [0.29, 0.717) is 0 Å². The first-order valence-corrected chi connectivity index (χ1v) is 4.07. The summed E-state index contributed by atoms with van der Waals surface area (Å²) in [6, 6.07) is 0.861. The Labute approximate surface area is 87.8 Å². The SMILES string of the molecule is COc1cc(C(=O)Cl)nc(F)c1C(F)F. The van der Waals surface area contributed by atoms with E-state index in [1.165, 1.54) is 0 Å². The summed E-state index contributed by atoms with van der Waals surface area (Å²) >= 11 is 5.02. The van der Waals surface area contributed by atoms with Crippen LogP contribution in [0.3, 0.4) is 0 Å². The number of nitrogens with zero attached hydrogens (tertiary/aromatic N) is 1. The van der Waals surface area contributed by atoms with Crippen LogP contribution in [0.1, 0.15) is 22.5 Å². The molecule has 0 fully saturated rings. The van der Waals surface area contributed by atoms with Crippen molar-refractivity contribution in [1.29, 1.82) is 0 Å². The molecular weight excluding hydrogens is 235 g/mol. The zero-order valence-corrected chi connectivity index (χ0v) is 8.19. The third-order valence-electron chi connectivity index (χ3n) is 1.61. The Hall–Kier alpha value is -1.30. The predicted molar refractivity (Wildman–Crippen MR) is 45.9 cm³/mol. The second-order valence-corrected chi connectivity index (χ2v) is 2.83. The highest BCUT2D eigenvalue weighted by Crippen LogP contribution is 2.31. The molecule has 0 spiro atoms. The number of carbonyl (C=O) groups excluding carboxylic acids is 1. The third-order valence-corrected chi connectivity index (χ3v) is 1.81. The van der Waals surface area contributed by atoms with Crippen LogP contribution in [-0.2, 0) is 0 Å². The number of rotatable bonds is 3. The van der Waals surface area contributed by atoms with Crippen LogP contribution in [0, 0.1) is 5.95 Å². The van der Waals surface area contributed by atoms with E-state index < -0.39 is 34.6 Å². The van der Waals surface area contributed by atoms with E-state index >= 15 is 0 Å². The molecule has 1 aromatic rings. The van der Waals surface area contributed by atoms with Crippen molar-refractivity contribution in [1.82, 2.24) is 4.98 Å². The Kier molecular flexibility index (Phi) is 3.52. The molecule has 0 aromatic carbocycles. The molecule has 1 heterocycles. The molecule has 0 aliphatic rings. The second-order valence-electron chi connectivity index (χ2n) is 2.49. The van der Waals surface area contributed by atoms with Gasteiger partial charge >= 0.3 is 0 Å². The number of alkyl halides is 2. The fourth-order valence-electron chi connectivity index (χ4n) is 0.969. The molecule has 0 radical (unpaired) electrons. The molecule has 1 aromatic heterocycles. The van der Waals surface area contributed by atoms with E-state index in [2.05, 4.69) is 9.72 Å². The van der Waals surface area contributed by atoms with Gasteiger partial charge in [0.1, 0.15) is 17.0 Å². The van der Waals surface area contributed by atoms with Gasteiger partial charge < -0.3 is 4.74 Å². The van der Waals surface area contributed by atoms with Gasteiger partial charge in [0, 0.05) is 6.07 Å². The number of carbonyl (C=O) groups is 1. The van der Waals surface area contributed by atoms with Crippen LogP contribution in [0.5, 0.6) is 5.75 Å². The summed E-state index contributed by atoms with van der Waals surface area (Å²) in [6.45, 7) is 0. The van der Waals surface area contributed by atoms with Gasteiger partial charge in [-0.15, -0.1) is 0 Å². The topological polar surface area (TPSA) is 39.2 Å². The summed E-state index contributed by atoms with van der Waals surface area (Å²) < 4.78 is 42.2. The van der Waals surface area contributed by atoms with Crippen LogP contribution < -0.4 is 4.74 Å². The zero-order valence-electron chi connectivity index (χ0n) is 7.43. The molecule has 0 atom stereocenters. The van der Waals surface area contributed by atoms with Crippen molar-refractivity contribution in [3.63, 3.8) is 0 Å². The van der Waals surface area contributed by atoms with Gasteiger partial charge in [-0.2, -0.15) is 4.39 Å². The van der Waals surface area contributed by atoms with Gasteiger partial charge in [-0.1, -0.05) is 0 Å². The minimum Gasteiger partial charge on any atom is -0.496 e. The highest BCUT2D eigenvalue weighted by molar-refractivity contribution is 6.67. The van der Waals surface area contributed by atoms with Crippen LogP contribution in [0.4, 0.5) is 13.2 Å². The second kappa shape index (κ2) is 4.48. The van der Waals surface area contributed by atoms with Crippen molar-refractivity contribution in [3.05, 3.63) is 23.3 Å². The van der Waals surface area contributed by atoms with Crippen molar-refractivity contribution in [2.45, 2.75) is 6.43 Å². The first-order chi connectivity index (χ1) is 6.97. The van der Waals surface area contributed by atoms with Gasteiger partial charge in [-0.25, -0.2) is 13.8 Å². The molecule has 1 rings (SSSR count). The fourth-order valence-corrected chi connectivity index (χ4v) is 1.07. The summed E-state index contributed by atoms with van der Waals surface area (Å²) in [7, 11) is 1.07. The van der Waals surface area contributed by atoms with Crippen LogP contribution in [-0.4, -0.2) is 17.3 Å². The highest BCUT2D eigenvalue weighted by atomic mass is 35.5. The number of halogens is 4. The summed E-state index contributed by atoms with van der Waals surface area (Å²) in [5.41, 5.74) is -1.46. The molecule has 15 heavy (non-hydrogen) atoms.